The molecule has 0 heterocycles. The highest BCUT2D eigenvalue weighted by Crippen LogP contribution is 2.14. The molecule has 0 aliphatic heterocycles. The maximum Gasteiger partial charge on any atom is 0.412 e. The van der Waals surface area contributed by atoms with Crippen molar-refractivity contribution in [2.45, 2.75) is 46.4 Å². The van der Waals surface area contributed by atoms with Gasteiger partial charge >= 0.3 is 6.09 Å². The summed E-state index contributed by atoms with van der Waals surface area (Å²) in [5.74, 6) is -0.185. The van der Waals surface area contributed by atoms with Gasteiger partial charge in [-0.3, -0.25) is 10.1 Å². The second-order valence-electron chi connectivity index (χ2n) is 7.29. The summed E-state index contributed by atoms with van der Waals surface area (Å²) in [6, 6.07) is 14.5. The molecule has 2 N–H and O–H groups in total. The number of nitrogens with one attached hydrogen (secondary N) is 2. The van der Waals surface area contributed by atoms with E-state index in [4.69, 9.17) is 9.47 Å². The Labute approximate surface area is 166 Å². The molecule has 0 aliphatic rings. The van der Waals surface area contributed by atoms with Crippen molar-refractivity contribution in [3.63, 3.8) is 0 Å². The summed E-state index contributed by atoms with van der Waals surface area (Å²) in [4.78, 5) is 24.2. The van der Waals surface area contributed by atoms with Crippen LogP contribution in [-0.4, -0.2) is 24.2 Å². The zero-order valence-corrected chi connectivity index (χ0v) is 16.9. The number of rotatable bonds is 7. The summed E-state index contributed by atoms with van der Waals surface area (Å²) in [5.41, 5.74) is 2.58. The Morgan fingerprint density at radius 2 is 1.61 bits per heavy atom. The molecule has 6 heteroatoms. The van der Waals surface area contributed by atoms with Crippen molar-refractivity contribution < 1.29 is 19.1 Å². The van der Waals surface area contributed by atoms with Gasteiger partial charge in [-0.25, -0.2) is 4.79 Å². The molecule has 0 radical (unpaired) electrons. The van der Waals surface area contributed by atoms with Crippen molar-refractivity contribution in [3.8, 4) is 0 Å². The molecule has 2 aromatic carbocycles. The van der Waals surface area contributed by atoms with Crippen LogP contribution < -0.4 is 10.6 Å². The summed E-state index contributed by atoms with van der Waals surface area (Å²) in [6.07, 6.45) is -0.532. The molecule has 28 heavy (non-hydrogen) atoms. The summed E-state index contributed by atoms with van der Waals surface area (Å²) in [6.45, 7) is 8.93. The van der Waals surface area contributed by atoms with Gasteiger partial charge < -0.3 is 14.8 Å². The third-order valence-corrected chi connectivity index (χ3v) is 3.81. The second kappa shape index (κ2) is 9.90. The van der Waals surface area contributed by atoms with Gasteiger partial charge in [-0.1, -0.05) is 24.3 Å². The molecule has 150 valence electrons. The Morgan fingerprint density at radius 1 is 0.964 bits per heavy atom. The van der Waals surface area contributed by atoms with E-state index in [2.05, 4.69) is 10.6 Å². The van der Waals surface area contributed by atoms with Crippen molar-refractivity contribution in [1.29, 1.82) is 0 Å². The average molecular weight is 384 g/mol. The van der Waals surface area contributed by atoms with E-state index in [1.165, 1.54) is 0 Å². The predicted molar refractivity (Wildman–Crippen MR) is 109 cm³/mol. The van der Waals surface area contributed by atoms with Gasteiger partial charge in [-0.2, -0.15) is 0 Å². The zero-order chi connectivity index (χ0) is 20.6. The third kappa shape index (κ3) is 7.04. The number of ether oxygens (including phenoxy) is 2. The molecule has 0 aromatic heterocycles. The molecule has 0 fully saturated rings. The van der Waals surface area contributed by atoms with E-state index in [0.29, 0.717) is 31.0 Å². The van der Waals surface area contributed by atoms with E-state index in [-0.39, 0.29) is 5.91 Å². The van der Waals surface area contributed by atoms with E-state index >= 15 is 0 Å². The molecular formula is C22H28N2O4. The van der Waals surface area contributed by atoms with Gasteiger partial charge in [-0.05, 0) is 63.1 Å². The fourth-order valence-corrected chi connectivity index (χ4v) is 2.49. The summed E-state index contributed by atoms with van der Waals surface area (Å²) in [7, 11) is 0. The largest absolute Gasteiger partial charge is 0.444 e. The minimum atomic E-state index is -0.567. The standard InChI is InChI=1S/C22H28N2O4/c1-5-27-15-18-9-7-6-8-17(18)14-23-20(25)16-10-12-19(13-11-16)24-21(26)28-22(2,3)4/h6-13H,5,14-15H2,1-4H3,(H,23,25)(H,24,26). The molecular weight excluding hydrogens is 356 g/mol. The van der Waals surface area contributed by atoms with Crippen LogP contribution in [0.3, 0.4) is 0 Å². The van der Waals surface area contributed by atoms with Crippen LogP contribution >= 0.6 is 0 Å². The van der Waals surface area contributed by atoms with Gasteiger partial charge in [-0.15, -0.1) is 0 Å². The Morgan fingerprint density at radius 3 is 2.21 bits per heavy atom. The smallest absolute Gasteiger partial charge is 0.412 e. The highest BCUT2D eigenvalue weighted by Gasteiger charge is 2.16. The SMILES string of the molecule is CCOCc1ccccc1CNC(=O)c1ccc(NC(=O)OC(C)(C)C)cc1. The fourth-order valence-electron chi connectivity index (χ4n) is 2.49. The van der Waals surface area contributed by atoms with E-state index in [0.717, 1.165) is 11.1 Å². The molecule has 0 aliphatic carbocycles. The van der Waals surface area contributed by atoms with Gasteiger partial charge in [0.15, 0.2) is 0 Å². The van der Waals surface area contributed by atoms with E-state index in [1.54, 1.807) is 45.0 Å². The lowest BCUT2D eigenvalue weighted by molar-refractivity contribution is 0.0635. The van der Waals surface area contributed by atoms with Crippen LogP contribution in [-0.2, 0) is 22.6 Å². The average Bonchev–Trinajstić information content (AvgIpc) is 2.64. The van der Waals surface area contributed by atoms with Gasteiger partial charge in [0.05, 0.1) is 6.61 Å². The zero-order valence-electron chi connectivity index (χ0n) is 16.9. The van der Waals surface area contributed by atoms with E-state index in [1.807, 2.05) is 31.2 Å². The molecule has 6 nitrogen and oxygen atoms in total. The minimum Gasteiger partial charge on any atom is -0.444 e. The Balaban J connectivity index is 1.92. The van der Waals surface area contributed by atoms with E-state index < -0.39 is 11.7 Å². The van der Waals surface area contributed by atoms with Crippen LogP contribution in [0.2, 0.25) is 0 Å². The maximum atomic E-state index is 12.4. The van der Waals surface area contributed by atoms with Crippen LogP contribution in [0.5, 0.6) is 0 Å². The van der Waals surface area contributed by atoms with Crippen molar-refractivity contribution in [2.75, 3.05) is 11.9 Å². The maximum absolute atomic E-state index is 12.4. The number of hydrogen-bond acceptors (Lipinski definition) is 4. The molecule has 0 bridgehead atoms. The van der Waals surface area contributed by atoms with Gasteiger partial charge in [0, 0.05) is 24.4 Å². The first-order chi connectivity index (χ1) is 13.3. The Kier molecular flexibility index (Phi) is 7.58. The first-order valence-electron chi connectivity index (χ1n) is 9.31. The van der Waals surface area contributed by atoms with Crippen LogP contribution in [0.1, 0.15) is 49.2 Å². The number of carbonyl (C=O) groups is 2. The van der Waals surface area contributed by atoms with Crippen LogP contribution in [0.15, 0.2) is 48.5 Å². The minimum absolute atomic E-state index is 0.185. The first-order valence-corrected chi connectivity index (χ1v) is 9.31. The van der Waals surface area contributed by atoms with E-state index in [9.17, 15) is 9.59 Å². The van der Waals surface area contributed by atoms with Crippen LogP contribution in [0.4, 0.5) is 10.5 Å². The van der Waals surface area contributed by atoms with Gasteiger partial charge in [0.1, 0.15) is 5.60 Å². The highest BCUT2D eigenvalue weighted by molar-refractivity contribution is 5.95. The lowest BCUT2D eigenvalue weighted by atomic mass is 10.1. The normalized spacial score (nSPS) is 11.0. The lowest BCUT2D eigenvalue weighted by Gasteiger charge is -2.19. The van der Waals surface area contributed by atoms with Gasteiger partial charge in [0.2, 0.25) is 0 Å². The Bertz CT molecular complexity index is 795. The third-order valence-electron chi connectivity index (χ3n) is 3.81. The second-order valence-corrected chi connectivity index (χ2v) is 7.29. The topological polar surface area (TPSA) is 76.7 Å². The fraction of sp³-hybridized carbons (Fsp3) is 0.364. The monoisotopic (exact) mass is 384 g/mol. The quantitative estimate of drug-likeness (QED) is 0.737. The number of anilines is 1. The van der Waals surface area contributed by atoms with Crippen molar-refractivity contribution in [2.24, 2.45) is 0 Å². The molecule has 2 aromatic rings. The molecule has 2 amide bonds. The van der Waals surface area contributed by atoms with Crippen molar-refractivity contribution in [1.82, 2.24) is 5.32 Å². The number of carbonyl (C=O) groups excluding carboxylic acids is 2. The predicted octanol–water partition coefficient (Wildman–Crippen LogP) is 4.50. The first kappa shape index (κ1) is 21.4. The molecule has 0 saturated heterocycles. The molecule has 0 unspecified atom stereocenters. The van der Waals surface area contributed by atoms with Crippen molar-refractivity contribution in [3.05, 3.63) is 65.2 Å². The van der Waals surface area contributed by atoms with Crippen LogP contribution in [0.25, 0.3) is 0 Å². The van der Waals surface area contributed by atoms with Crippen LogP contribution in [0, 0.1) is 0 Å². The van der Waals surface area contributed by atoms with Crippen molar-refractivity contribution >= 4 is 17.7 Å². The molecule has 2 rings (SSSR count). The highest BCUT2D eigenvalue weighted by atomic mass is 16.6. The Hall–Kier alpha value is -2.86. The lowest BCUT2D eigenvalue weighted by Crippen LogP contribution is -2.27. The summed E-state index contributed by atoms with van der Waals surface area (Å²) in [5, 5.41) is 5.56. The molecule has 0 saturated carbocycles. The van der Waals surface area contributed by atoms with Gasteiger partial charge in [0.25, 0.3) is 5.91 Å². The molecule has 0 spiro atoms. The summed E-state index contributed by atoms with van der Waals surface area (Å²) >= 11 is 0. The number of amides is 2. The molecule has 0 atom stereocenters. The number of benzene rings is 2. The number of hydrogen-bond donors (Lipinski definition) is 2. The summed E-state index contributed by atoms with van der Waals surface area (Å²) < 4.78 is 10.7.